The number of aromatic hydroxyl groups is 1. The second kappa shape index (κ2) is 6.22. The Balaban J connectivity index is 2.10. The summed E-state index contributed by atoms with van der Waals surface area (Å²) in [6.07, 6.45) is 2.06. The van der Waals surface area contributed by atoms with E-state index in [1.807, 2.05) is 6.07 Å². The van der Waals surface area contributed by atoms with E-state index in [1.165, 1.54) is 10.5 Å². The summed E-state index contributed by atoms with van der Waals surface area (Å²) >= 11 is 7.62. The fraction of sp³-hybridized carbons (Fsp3) is 0.200. The first-order valence-electron chi connectivity index (χ1n) is 5.99. The number of halogens is 1. The molecule has 0 fully saturated rings. The Hall–Kier alpha value is -1.32. The van der Waals surface area contributed by atoms with Crippen molar-refractivity contribution in [2.24, 2.45) is 0 Å². The maximum atomic E-state index is 9.39. The van der Waals surface area contributed by atoms with E-state index in [1.54, 1.807) is 23.9 Å². The third-order valence-electron chi connectivity index (χ3n) is 2.95. The van der Waals surface area contributed by atoms with E-state index in [2.05, 4.69) is 42.8 Å². The van der Waals surface area contributed by atoms with Crippen molar-refractivity contribution < 1.29 is 5.11 Å². The van der Waals surface area contributed by atoms with Gasteiger partial charge in [0.1, 0.15) is 5.75 Å². The SMILES string of the molecule is CSc1ccc(C(C)Nc2ccc(O)c(Cl)c2)cc1. The fourth-order valence-corrected chi connectivity index (χ4v) is 2.41. The minimum Gasteiger partial charge on any atom is -0.506 e. The van der Waals surface area contributed by atoms with Gasteiger partial charge < -0.3 is 10.4 Å². The van der Waals surface area contributed by atoms with Crippen molar-refractivity contribution in [2.45, 2.75) is 17.9 Å². The monoisotopic (exact) mass is 293 g/mol. The molecule has 1 atom stereocenters. The number of rotatable bonds is 4. The summed E-state index contributed by atoms with van der Waals surface area (Å²) in [5.41, 5.74) is 2.10. The molecule has 2 N–H and O–H groups in total. The Kier molecular flexibility index (Phi) is 4.61. The van der Waals surface area contributed by atoms with Crippen molar-refractivity contribution in [3.63, 3.8) is 0 Å². The molecule has 0 saturated carbocycles. The lowest BCUT2D eigenvalue weighted by molar-refractivity contribution is 0.475. The average Bonchev–Trinajstić information content (AvgIpc) is 2.43. The number of phenols is 1. The highest BCUT2D eigenvalue weighted by Crippen LogP contribution is 2.28. The van der Waals surface area contributed by atoms with E-state index >= 15 is 0 Å². The number of nitrogens with one attached hydrogen (secondary N) is 1. The maximum absolute atomic E-state index is 9.39. The first kappa shape index (κ1) is 14.1. The molecule has 4 heteroatoms. The summed E-state index contributed by atoms with van der Waals surface area (Å²) in [7, 11) is 0. The minimum atomic E-state index is 0.101. The summed E-state index contributed by atoms with van der Waals surface area (Å²) in [4.78, 5) is 1.25. The van der Waals surface area contributed by atoms with Gasteiger partial charge in [0.2, 0.25) is 0 Å². The van der Waals surface area contributed by atoms with Crippen LogP contribution >= 0.6 is 23.4 Å². The second-order valence-electron chi connectivity index (χ2n) is 4.31. The van der Waals surface area contributed by atoms with Crippen LogP contribution in [0.2, 0.25) is 5.02 Å². The van der Waals surface area contributed by atoms with Crippen molar-refractivity contribution >= 4 is 29.1 Å². The quantitative estimate of drug-likeness (QED) is 0.618. The predicted octanol–water partition coefficient (Wildman–Crippen LogP) is 4.94. The third kappa shape index (κ3) is 3.58. The highest BCUT2D eigenvalue weighted by molar-refractivity contribution is 7.98. The lowest BCUT2D eigenvalue weighted by Gasteiger charge is -2.16. The molecule has 1 unspecified atom stereocenters. The normalized spacial score (nSPS) is 12.2. The standard InChI is InChI=1S/C15H16ClNOS/c1-10(11-3-6-13(19-2)7-4-11)17-12-5-8-15(18)14(16)9-12/h3-10,17-18H,1-2H3. The van der Waals surface area contributed by atoms with Crippen LogP contribution in [0.3, 0.4) is 0 Å². The van der Waals surface area contributed by atoms with E-state index in [-0.39, 0.29) is 11.8 Å². The van der Waals surface area contributed by atoms with Crippen molar-refractivity contribution in [1.82, 2.24) is 0 Å². The van der Waals surface area contributed by atoms with Crippen LogP contribution in [-0.2, 0) is 0 Å². The van der Waals surface area contributed by atoms with Crippen molar-refractivity contribution in [3.05, 3.63) is 53.1 Å². The highest BCUT2D eigenvalue weighted by Gasteiger charge is 2.06. The van der Waals surface area contributed by atoms with Gasteiger partial charge in [-0.15, -0.1) is 11.8 Å². The predicted molar refractivity (Wildman–Crippen MR) is 83.4 cm³/mol. The van der Waals surface area contributed by atoms with Gasteiger partial charge in [-0.3, -0.25) is 0 Å². The Bertz CT molecular complexity index is 557. The number of benzene rings is 2. The van der Waals surface area contributed by atoms with Crippen LogP contribution in [0.15, 0.2) is 47.4 Å². The molecule has 0 amide bonds. The Morgan fingerprint density at radius 3 is 2.42 bits per heavy atom. The van der Waals surface area contributed by atoms with Gasteiger partial charge in [-0.1, -0.05) is 23.7 Å². The van der Waals surface area contributed by atoms with E-state index < -0.39 is 0 Å². The largest absolute Gasteiger partial charge is 0.506 e. The van der Waals surface area contributed by atoms with Crippen molar-refractivity contribution in [2.75, 3.05) is 11.6 Å². The molecule has 0 aliphatic heterocycles. The number of hydrogen-bond acceptors (Lipinski definition) is 3. The summed E-state index contributed by atoms with van der Waals surface area (Å²) < 4.78 is 0. The van der Waals surface area contributed by atoms with Gasteiger partial charge in [0.05, 0.1) is 5.02 Å². The maximum Gasteiger partial charge on any atom is 0.134 e. The van der Waals surface area contributed by atoms with E-state index in [0.717, 1.165) is 5.69 Å². The molecule has 0 saturated heterocycles. The van der Waals surface area contributed by atoms with Crippen LogP contribution in [0.4, 0.5) is 5.69 Å². The Labute approximate surface area is 122 Å². The number of thioether (sulfide) groups is 1. The van der Waals surface area contributed by atoms with Gasteiger partial charge >= 0.3 is 0 Å². The summed E-state index contributed by atoms with van der Waals surface area (Å²) in [6, 6.07) is 13.8. The lowest BCUT2D eigenvalue weighted by atomic mass is 10.1. The van der Waals surface area contributed by atoms with Crippen LogP contribution in [0.25, 0.3) is 0 Å². The van der Waals surface area contributed by atoms with Gasteiger partial charge in [-0.25, -0.2) is 0 Å². The second-order valence-corrected chi connectivity index (χ2v) is 5.59. The van der Waals surface area contributed by atoms with Gasteiger partial charge in [-0.2, -0.15) is 0 Å². The minimum absolute atomic E-state index is 0.101. The molecule has 0 bridgehead atoms. The molecule has 0 radical (unpaired) electrons. The first-order chi connectivity index (χ1) is 9.10. The van der Waals surface area contributed by atoms with Crippen LogP contribution < -0.4 is 5.32 Å². The molecular formula is C15H16ClNOS. The van der Waals surface area contributed by atoms with Gasteiger partial charge in [0, 0.05) is 16.6 Å². The zero-order valence-corrected chi connectivity index (χ0v) is 12.4. The smallest absolute Gasteiger partial charge is 0.134 e. The third-order valence-corrected chi connectivity index (χ3v) is 3.99. The zero-order chi connectivity index (χ0) is 13.8. The molecule has 19 heavy (non-hydrogen) atoms. The number of hydrogen-bond donors (Lipinski definition) is 2. The van der Waals surface area contributed by atoms with E-state index in [9.17, 15) is 5.11 Å². The fourth-order valence-electron chi connectivity index (χ4n) is 1.82. The number of anilines is 1. The molecule has 0 aromatic heterocycles. The van der Waals surface area contributed by atoms with Gasteiger partial charge in [-0.05, 0) is 49.1 Å². The lowest BCUT2D eigenvalue weighted by Crippen LogP contribution is -2.06. The Morgan fingerprint density at radius 1 is 1.16 bits per heavy atom. The van der Waals surface area contributed by atoms with E-state index in [4.69, 9.17) is 11.6 Å². The summed E-state index contributed by atoms with van der Waals surface area (Å²) in [5.74, 6) is 0.101. The van der Waals surface area contributed by atoms with Crippen LogP contribution in [0.1, 0.15) is 18.5 Å². The molecule has 2 rings (SSSR count). The van der Waals surface area contributed by atoms with Crippen LogP contribution in [0.5, 0.6) is 5.75 Å². The molecule has 0 spiro atoms. The highest BCUT2D eigenvalue weighted by atomic mass is 35.5. The first-order valence-corrected chi connectivity index (χ1v) is 7.59. The van der Waals surface area contributed by atoms with Crippen LogP contribution in [-0.4, -0.2) is 11.4 Å². The summed E-state index contributed by atoms with van der Waals surface area (Å²) in [5, 5.41) is 13.1. The van der Waals surface area contributed by atoms with Crippen molar-refractivity contribution in [1.29, 1.82) is 0 Å². The zero-order valence-electron chi connectivity index (χ0n) is 10.9. The molecule has 100 valence electrons. The summed E-state index contributed by atoms with van der Waals surface area (Å²) in [6.45, 7) is 2.09. The Morgan fingerprint density at radius 2 is 1.84 bits per heavy atom. The molecule has 2 aromatic rings. The molecule has 0 heterocycles. The number of phenolic OH excluding ortho intramolecular Hbond substituents is 1. The average molecular weight is 294 g/mol. The van der Waals surface area contributed by atoms with Crippen LogP contribution in [0, 0.1) is 0 Å². The molecular weight excluding hydrogens is 278 g/mol. The van der Waals surface area contributed by atoms with Crippen molar-refractivity contribution in [3.8, 4) is 5.75 Å². The van der Waals surface area contributed by atoms with Gasteiger partial charge in [0.25, 0.3) is 0 Å². The molecule has 0 aliphatic rings. The molecule has 0 aliphatic carbocycles. The van der Waals surface area contributed by atoms with Gasteiger partial charge in [0.15, 0.2) is 0 Å². The molecule has 2 aromatic carbocycles. The topological polar surface area (TPSA) is 32.3 Å². The van der Waals surface area contributed by atoms with E-state index in [0.29, 0.717) is 5.02 Å². The molecule has 2 nitrogen and oxygen atoms in total.